The fourth-order valence-corrected chi connectivity index (χ4v) is 3.48. The van der Waals surface area contributed by atoms with Crippen LogP contribution in [0.5, 0.6) is 0 Å². The number of anilines is 1. The number of benzene rings is 1. The van der Waals surface area contributed by atoms with Crippen LogP contribution in [-0.4, -0.2) is 64.6 Å². The van der Waals surface area contributed by atoms with E-state index in [1.807, 2.05) is 0 Å². The second-order valence-electron chi connectivity index (χ2n) is 7.23. The van der Waals surface area contributed by atoms with Crippen molar-refractivity contribution in [3.8, 4) is 0 Å². The minimum absolute atomic E-state index is 0.0648. The highest BCUT2D eigenvalue weighted by molar-refractivity contribution is 6.31. The van der Waals surface area contributed by atoms with Gasteiger partial charge in [0.2, 0.25) is 5.89 Å². The molecule has 0 bridgehead atoms. The van der Waals surface area contributed by atoms with Gasteiger partial charge in [-0.05, 0) is 24.6 Å². The standard InChI is InChI=1S/C20H26ClFN4O3/c1-2-3-15(27)11-25-6-8-26(9-7-25)12-19-24-18(13-29-19)20(28)23-14-4-5-17(22)16(21)10-14/h4-5,10,13,15,27H,2-3,6-9,11-12H2,1H3,(H,23,28). The minimum atomic E-state index is -0.548. The van der Waals surface area contributed by atoms with Crippen molar-refractivity contribution in [2.75, 3.05) is 38.0 Å². The summed E-state index contributed by atoms with van der Waals surface area (Å²) in [5.74, 6) is -0.530. The minimum Gasteiger partial charge on any atom is -0.447 e. The summed E-state index contributed by atoms with van der Waals surface area (Å²) in [7, 11) is 0. The van der Waals surface area contributed by atoms with Gasteiger partial charge in [0.25, 0.3) is 5.91 Å². The highest BCUT2D eigenvalue weighted by atomic mass is 35.5. The van der Waals surface area contributed by atoms with Crippen molar-refractivity contribution in [2.45, 2.75) is 32.4 Å². The predicted molar refractivity (Wildman–Crippen MR) is 108 cm³/mol. The van der Waals surface area contributed by atoms with Gasteiger partial charge in [-0.15, -0.1) is 0 Å². The molecule has 0 aliphatic carbocycles. The van der Waals surface area contributed by atoms with E-state index in [-0.39, 0.29) is 16.8 Å². The third-order valence-electron chi connectivity index (χ3n) is 4.88. The Kier molecular flexibility index (Phi) is 7.60. The van der Waals surface area contributed by atoms with Crippen molar-refractivity contribution in [3.05, 3.63) is 46.9 Å². The SMILES string of the molecule is CCCC(O)CN1CCN(Cc2nc(C(=O)Nc3ccc(F)c(Cl)c3)co2)CC1. The number of hydrogen-bond donors (Lipinski definition) is 2. The first-order chi connectivity index (χ1) is 13.9. The van der Waals surface area contributed by atoms with Crippen LogP contribution in [0.4, 0.5) is 10.1 Å². The quantitative estimate of drug-likeness (QED) is 0.678. The molecule has 1 aromatic heterocycles. The van der Waals surface area contributed by atoms with E-state index in [9.17, 15) is 14.3 Å². The summed E-state index contributed by atoms with van der Waals surface area (Å²) in [5.41, 5.74) is 0.536. The number of aliphatic hydroxyl groups excluding tert-OH is 1. The van der Waals surface area contributed by atoms with Crippen LogP contribution in [0.1, 0.15) is 36.1 Å². The lowest BCUT2D eigenvalue weighted by Crippen LogP contribution is -2.48. The lowest BCUT2D eigenvalue weighted by atomic mass is 10.2. The van der Waals surface area contributed by atoms with E-state index in [1.165, 1.54) is 24.5 Å². The van der Waals surface area contributed by atoms with Crippen LogP contribution in [-0.2, 0) is 6.54 Å². The van der Waals surface area contributed by atoms with Crippen LogP contribution in [0.25, 0.3) is 0 Å². The maximum Gasteiger partial charge on any atom is 0.277 e. The highest BCUT2D eigenvalue weighted by Crippen LogP contribution is 2.20. The fourth-order valence-electron chi connectivity index (χ4n) is 3.30. The monoisotopic (exact) mass is 424 g/mol. The van der Waals surface area contributed by atoms with Gasteiger partial charge in [0.1, 0.15) is 12.1 Å². The molecule has 0 saturated carbocycles. The molecule has 1 aromatic carbocycles. The van der Waals surface area contributed by atoms with E-state index in [0.717, 1.165) is 39.0 Å². The Balaban J connectivity index is 1.48. The number of nitrogens with zero attached hydrogens (tertiary/aromatic N) is 3. The number of rotatable bonds is 8. The zero-order valence-corrected chi connectivity index (χ0v) is 17.2. The maximum absolute atomic E-state index is 13.2. The maximum atomic E-state index is 13.2. The van der Waals surface area contributed by atoms with Crippen molar-refractivity contribution in [2.24, 2.45) is 0 Å². The number of aromatic nitrogens is 1. The second kappa shape index (κ2) is 10.2. The molecule has 1 fully saturated rings. The van der Waals surface area contributed by atoms with Crippen molar-refractivity contribution in [3.63, 3.8) is 0 Å². The lowest BCUT2D eigenvalue weighted by Gasteiger charge is -2.34. The number of hydrogen-bond acceptors (Lipinski definition) is 6. The molecule has 2 N–H and O–H groups in total. The molecule has 1 saturated heterocycles. The fraction of sp³-hybridized carbons (Fsp3) is 0.500. The van der Waals surface area contributed by atoms with Gasteiger partial charge in [-0.25, -0.2) is 9.37 Å². The molecule has 1 atom stereocenters. The van der Waals surface area contributed by atoms with Gasteiger partial charge < -0.3 is 14.8 Å². The molecule has 2 heterocycles. The van der Waals surface area contributed by atoms with Crippen molar-refractivity contribution in [1.29, 1.82) is 0 Å². The van der Waals surface area contributed by atoms with Gasteiger partial charge in [0.15, 0.2) is 5.69 Å². The summed E-state index contributed by atoms with van der Waals surface area (Å²) >= 11 is 5.73. The summed E-state index contributed by atoms with van der Waals surface area (Å²) < 4.78 is 18.7. The van der Waals surface area contributed by atoms with Crippen LogP contribution >= 0.6 is 11.6 Å². The van der Waals surface area contributed by atoms with Crippen LogP contribution < -0.4 is 5.32 Å². The van der Waals surface area contributed by atoms with E-state index >= 15 is 0 Å². The van der Waals surface area contributed by atoms with Gasteiger partial charge in [-0.1, -0.05) is 24.9 Å². The molecular weight excluding hydrogens is 399 g/mol. The molecule has 1 amide bonds. The summed E-state index contributed by atoms with van der Waals surface area (Å²) in [5, 5.41) is 12.5. The Hall–Kier alpha value is -2.00. The number of nitrogens with one attached hydrogen (secondary N) is 1. The zero-order valence-electron chi connectivity index (χ0n) is 16.4. The van der Waals surface area contributed by atoms with Crippen LogP contribution in [0.3, 0.4) is 0 Å². The summed E-state index contributed by atoms with van der Waals surface area (Å²) in [6.45, 7) is 6.73. The lowest BCUT2D eigenvalue weighted by molar-refractivity contribution is 0.0634. The number of aliphatic hydroxyl groups is 1. The summed E-state index contributed by atoms with van der Waals surface area (Å²) in [4.78, 5) is 21.0. The molecule has 29 heavy (non-hydrogen) atoms. The second-order valence-corrected chi connectivity index (χ2v) is 7.64. The van der Waals surface area contributed by atoms with E-state index in [1.54, 1.807) is 0 Å². The van der Waals surface area contributed by atoms with Crippen LogP contribution in [0, 0.1) is 5.82 Å². The van der Waals surface area contributed by atoms with Gasteiger partial charge in [0, 0.05) is 38.4 Å². The van der Waals surface area contributed by atoms with Gasteiger partial charge >= 0.3 is 0 Å². The number of carbonyl (C=O) groups excluding carboxylic acids is 1. The van der Waals surface area contributed by atoms with Crippen molar-refractivity contribution < 1.29 is 18.7 Å². The Morgan fingerprint density at radius 1 is 1.34 bits per heavy atom. The number of amides is 1. The molecule has 7 nitrogen and oxygen atoms in total. The average molecular weight is 425 g/mol. The molecule has 3 rings (SSSR count). The Bertz CT molecular complexity index is 824. The third kappa shape index (κ3) is 6.24. The van der Waals surface area contributed by atoms with Gasteiger partial charge in [0.05, 0.1) is 17.7 Å². The molecule has 1 unspecified atom stereocenters. The summed E-state index contributed by atoms with van der Waals surface area (Å²) in [6.07, 6.45) is 2.85. The summed E-state index contributed by atoms with van der Waals surface area (Å²) in [6, 6.07) is 3.96. The Labute approximate surface area is 174 Å². The van der Waals surface area contributed by atoms with E-state index in [4.69, 9.17) is 16.0 Å². The first-order valence-electron chi connectivity index (χ1n) is 9.78. The molecule has 0 spiro atoms. The largest absolute Gasteiger partial charge is 0.447 e. The average Bonchev–Trinajstić information content (AvgIpc) is 3.15. The predicted octanol–water partition coefficient (Wildman–Crippen LogP) is 3.00. The number of β-amino-alcohol motifs (C(OH)–C–C–N with tert-alkyl or cyclic N) is 1. The van der Waals surface area contributed by atoms with E-state index in [2.05, 4.69) is 27.0 Å². The molecule has 9 heteroatoms. The molecular formula is C20H26ClFN4O3. The first kappa shape index (κ1) is 21.7. The molecule has 1 aliphatic heterocycles. The van der Waals surface area contributed by atoms with Gasteiger partial charge in [-0.3, -0.25) is 14.6 Å². The Morgan fingerprint density at radius 2 is 2.07 bits per heavy atom. The van der Waals surface area contributed by atoms with Crippen molar-refractivity contribution in [1.82, 2.24) is 14.8 Å². The Morgan fingerprint density at radius 3 is 2.76 bits per heavy atom. The third-order valence-corrected chi connectivity index (χ3v) is 5.17. The van der Waals surface area contributed by atoms with Gasteiger partial charge in [-0.2, -0.15) is 0 Å². The van der Waals surface area contributed by atoms with Crippen molar-refractivity contribution >= 4 is 23.2 Å². The number of carbonyl (C=O) groups is 1. The molecule has 1 aliphatic rings. The number of piperazine rings is 1. The number of oxazole rings is 1. The van der Waals surface area contributed by atoms with E-state index in [0.29, 0.717) is 24.7 Å². The molecule has 0 radical (unpaired) electrons. The van der Waals surface area contributed by atoms with Crippen LogP contribution in [0.2, 0.25) is 5.02 Å². The first-order valence-corrected chi connectivity index (χ1v) is 10.2. The molecule has 2 aromatic rings. The smallest absolute Gasteiger partial charge is 0.277 e. The normalized spacial score (nSPS) is 16.7. The molecule has 158 valence electrons. The van der Waals surface area contributed by atoms with Crippen LogP contribution in [0.15, 0.2) is 28.9 Å². The topological polar surface area (TPSA) is 81.8 Å². The van der Waals surface area contributed by atoms with E-state index < -0.39 is 11.7 Å². The zero-order chi connectivity index (χ0) is 20.8. The highest BCUT2D eigenvalue weighted by Gasteiger charge is 2.21. The number of halogens is 2.